The lowest BCUT2D eigenvalue weighted by atomic mass is 10.2. The average molecular weight is 251 g/mol. The molecule has 0 spiro atoms. The van der Waals surface area contributed by atoms with E-state index < -0.39 is 0 Å². The Bertz CT molecular complexity index is 390. The van der Waals surface area contributed by atoms with Crippen molar-refractivity contribution in [2.24, 2.45) is 0 Å². The van der Waals surface area contributed by atoms with Crippen LogP contribution in [0.15, 0.2) is 12.1 Å². The summed E-state index contributed by atoms with van der Waals surface area (Å²) < 4.78 is 10.9. The Labute approximate surface area is 108 Å². The molecule has 0 unspecified atom stereocenters. The van der Waals surface area contributed by atoms with Gasteiger partial charge in [-0.1, -0.05) is 0 Å². The lowest BCUT2D eigenvalue weighted by Crippen LogP contribution is -2.44. The highest BCUT2D eigenvalue weighted by atomic mass is 16.5. The summed E-state index contributed by atoms with van der Waals surface area (Å²) >= 11 is 0. The van der Waals surface area contributed by atoms with Crippen LogP contribution in [0.4, 0.5) is 11.4 Å². The molecular formula is C13H21N3O2. The van der Waals surface area contributed by atoms with E-state index in [-0.39, 0.29) is 0 Å². The Balaban J connectivity index is 2.35. The van der Waals surface area contributed by atoms with Crippen LogP contribution in [0, 0.1) is 0 Å². The van der Waals surface area contributed by atoms with Crippen LogP contribution in [0.1, 0.15) is 0 Å². The van der Waals surface area contributed by atoms with Gasteiger partial charge in [-0.3, -0.25) is 0 Å². The number of ether oxygens (including phenoxy) is 2. The van der Waals surface area contributed by atoms with Gasteiger partial charge in [-0.2, -0.15) is 0 Å². The van der Waals surface area contributed by atoms with E-state index in [0.29, 0.717) is 5.69 Å². The molecule has 1 aliphatic heterocycles. The topological polar surface area (TPSA) is 51.0 Å². The zero-order valence-electron chi connectivity index (χ0n) is 11.3. The summed E-state index contributed by atoms with van der Waals surface area (Å²) in [7, 11) is 5.45. The van der Waals surface area contributed by atoms with Crippen LogP contribution in [0.3, 0.4) is 0 Å². The normalized spacial score (nSPS) is 16.7. The predicted octanol–water partition coefficient (Wildman–Crippen LogP) is 1.04. The SMILES string of the molecule is COc1cc(N)cc(OC)c1N1CCN(C)CC1. The van der Waals surface area contributed by atoms with Gasteiger partial charge in [0.1, 0.15) is 17.2 Å². The van der Waals surface area contributed by atoms with Gasteiger partial charge in [0.25, 0.3) is 0 Å². The third-order valence-corrected chi connectivity index (χ3v) is 3.32. The molecule has 1 aliphatic rings. The van der Waals surface area contributed by atoms with Crippen molar-refractivity contribution in [3.8, 4) is 11.5 Å². The molecule has 1 aromatic carbocycles. The number of nitrogens with two attached hydrogens (primary N) is 1. The van der Waals surface area contributed by atoms with Gasteiger partial charge in [-0.05, 0) is 7.05 Å². The van der Waals surface area contributed by atoms with Gasteiger partial charge < -0.3 is 25.0 Å². The number of nitrogens with zero attached hydrogens (tertiary/aromatic N) is 2. The largest absolute Gasteiger partial charge is 0.494 e. The summed E-state index contributed by atoms with van der Waals surface area (Å²) in [6.45, 7) is 4.01. The summed E-state index contributed by atoms with van der Waals surface area (Å²) in [4.78, 5) is 4.60. The summed E-state index contributed by atoms with van der Waals surface area (Å²) in [5.41, 5.74) is 7.50. The fraction of sp³-hybridized carbons (Fsp3) is 0.538. The number of rotatable bonds is 3. The highest BCUT2D eigenvalue weighted by Crippen LogP contribution is 2.40. The van der Waals surface area contributed by atoms with Crippen LogP contribution in [-0.2, 0) is 0 Å². The van der Waals surface area contributed by atoms with Gasteiger partial charge in [-0.25, -0.2) is 0 Å². The quantitative estimate of drug-likeness (QED) is 0.813. The lowest BCUT2D eigenvalue weighted by molar-refractivity contribution is 0.308. The Kier molecular flexibility index (Phi) is 3.81. The Morgan fingerprint density at radius 1 is 1.00 bits per heavy atom. The van der Waals surface area contributed by atoms with Gasteiger partial charge in [0.05, 0.1) is 14.2 Å². The van der Waals surface area contributed by atoms with Gasteiger partial charge in [0, 0.05) is 44.0 Å². The zero-order chi connectivity index (χ0) is 13.1. The van der Waals surface area contributed by atoms with E-state index >= 15 is 0 Å². The summed E-state index contributed by atoms with van der Waals surface area (Å²) in [6, 6.07) is 3.69. The van der Waals surface area contributed by atoms with E-state index in [1.807, 2.05) is 12.1 Å². The second-order valence-corrected chi connectivity index (χ2v) is 4.56. The number of nitrogen functional groups attached to an aromatic ring is 1. The summed E-state index contributed by atoms with van der Waals surface area (Å²) in [5.74, 6) is 1.55. The molecule has 5 nitrogen and oxygen atoms in total. The standard InChI is InChI=1S/C13H21N3O2/c1-15-4-6-16(7-5-15)13-11(17-2)8-10(14)9-12(13)18-3/h8-9H,4-7,14H2,1-3H3. The lowest BCUT2D eigenvalue weighted by Gasteiger charge is -2.35. The third kappa shape index (κ3) is 2.46. The minimum absolute atomic E-state index is 0.654. The number of hydrogen-bond donors (Lipinski definition) is 1. The molecule has 1 heterocycles. The molecule has 0 amide bonds. The van der Waals surface area contributed by atoms with E-state index in [0.717, 1.165) is 43.4 Å². The van der Waals surface area contributed by atoms with E-state index in [1.54, 1.807) is 14.2 Å². The van der Waals surface area contributed by atoms with Gasteiger partial charge in [0.15, 0.2) is 0 Å². The van der Waals surface area contributed by atoms with Crippen LogP contribution in [-0.4, -0.2) is 52.3 Å². The first kappa shape index (κ1) is 12.8. The van der Waals surface area contributed by atoms with Crippen LogP contribution in [0.2, 0.25) is 0 Å². The Morgan fingerprint density at radius 3 is 1.94 bits per heavy atom. The summed E-state index contributed by atoms with van der Waals surface area (Å²) in [6.07, 6.45) is 0. The van der Waals surface area contributed by atoms with E-state index in [4.69, 9.17) is 15.2 Å². The first-order chi connectivity index (χ1) is 8.65. The highest BCUT2D eigenvalue weighted by molar-refractivity contribution is 5.72. The molecule has 0 bridgehead atoms. The van der Waals surface area contributed by atoms with Crippen molar-refractivity contribution in [2.45, 2.75) is 0 Å². The molecule has 18 heavy (non-hydrogen) atoms. The minimum atomic E-state index is 0.654. The van der Waals surface area contributed by atoms with Crippen LogP contribution >= 0.6 is 0 Å². The van der Waals surface area contributed by atoms with Crippen molar-refractivity contribution < 1.29 is 9.47 Å². The Hall–Kier alpha value is -1.62. The molecule has 1 aromatic rings. The molecule has 2 rings (SSSR count). The van der Waals surface area contributed by atoms with Crippen molar-refractivity contribution in [2.75, 3.05) is 58.1 Å². The van der Waals surface area contributed by atoms with Crippen LogP contribution < -0.4 is 20.1 Å². The highest BCUT2D eigenvalue weighted by Gasteiger charge is 2.22. The maximum Gasteiger partial charge on any atom is 0.148 e. The fourth-order valence-corrected chi connectivity index (χ4v) is 2.26. The van der Waals surface area contributed by atoms with E-state index in [1.165, 1.54) is 0 Å². The summed E-state index contributed by atoms with van der Waals surface area (Å²) in [5, 5.41) is 0. The average Bonchev–Trinajstić information content (AvgIpc) is 2.39. The molecular weight excluding hydrogens is 230 g/mol. The molecule has 0 aromatic heterocycles. The van der Waals surface area contributed by atoms with Crippen molar-refractivity contribution in [1.29, 1.82) is 0 Å². The number of hydrogen-bond acceptors (Lipinski definition) is 5. The van der Waals surface area contributed by atoms with Gasteiger partial charge in [-0.15, -0.1) is 0 Å². The number of piperazine rings is 1. The van der Waals surface area contributed by atoms with Gasteiger partial charge in [0.2, 0.25) is 0 Å². The molecule has 0 radical (unpaired) electrons. The molecule has 0 aliphatic carbocycles. The van der Waals surface area contributed by atoms with Crippen molar-refractivity contribution in [3.05, 3.63) is 12.1 Å². The number of methoxy groups -OCH3 is 2. The predicted molar refractivity (Wildman–Crippen MR) is 73.7 cm³/mol. The first-order valence-electron chi connectivity index (χ1n) is 6.10. The van der Waals surface area contributed by atoms with E-state index in [2.05, 4.69) is 16.8 Å². The molecule has 1 fully saturated rings. The van der Waals surface area contributed by atoms with Crippen molar-refractivity contribution >= 4 is 11.4 Å². The number of likely N-dealkylation sites (N-methyl/N-ethyl adjacent to an activating group) is 1. The van der Waals surface area contributed by atoms with Crippen LogP contribution in [0.25, 0.3) is 0 Å². The monoisotopic (exact) mass is 251 g/mol. The molecule has 0 atom stereocenters. The minimum Gasteiger partial charge on any atom is -0.494 e. The molecule has 1 saturated heterocycles. The molecule has 5 heteroatoms. The van der Waals surface area contributed by atoms with Crippen LogP contribution in [0.5, 0.6) is 11.5 Å². The molecule has 100 valence electrons. The van der Waals surface area contributed by atoms with E-state index in [9.17, 15) is 0 Å². The maximum atomic E-state index is 5.84. The second-order valence-electron chi connectivity index (χ2n) is 4.56. The smallest absolute Gasteiger partial charge is 0.148 e. The van der Waals surface area contributed by atoms with Crippen molar-refractivity contribution in [3.63, 3.8) is 0 Å². The molecule has 2 N–H and O–H groups in total. The maximum absolute atomic E-state index is 5.84. The van der Waals surface area contributed by atoms with Gasteiger partial charge >= 0.3 is 0 Å². The first-order valence-corrected chi connectivity index (χ1v) is 6.10. The van der Waals surface area contributed by atoms with Crippen molar-refractivity contribution in [1.82, 2.24) is 4.90 Å². The fourth-order valence-electron chi connectivity index (χ4n) is 2.26. The third-order valence-electron chi connectivity index (χ3n) is 3.32. The number of anilines is 2. The molecule has 0 saturated carbocycles. The Morgan fingerprint density at radius 2 is 1.50 bits per heavy atom. The zero-order valence-corrected chi connectivity index (χ0v) is 11.3. The second kappa shape index (κ2) is 5.35. The number of benzene rings is 1.